The van der Waals surface area contributed by atoms with Crippen LogP contribution in [0.4, 0.5) is 13.2 Å². The quantitative estimate of drug-likeness (QED) is 0.755. The Hall–Kier alpha value is -2.09. The predicted octanol–water partition coefficient (Wildman–Crippen LogP) is 2.10. The van der Waals surface area contributed by atoms with Crippen LogP contribution in [0.25, 0.3) is 0 Å². The number of halogens is 3. The number of carbonyl (C=O) groups is 2. The number of rotatable bonds is 7. The van der Waals surface area contributed by atoms with Crippen LogP contribution in [0.3, 0.4) is 0 Å². The maximum atomic E-state index is 11.9. The van der Waals surface area contributed by atoms with Gasteiger partial charge in [0.15, 0.2) is 0 Å². The molecule has 22 heavy (non-hydrogen) atoms. The summed E-state index contributed by atoms with van der Waals surface area (Å²) in [6.07, 6.45) is -4.36. The van der Waals surface area contributed by atoms with Crippen molar-refractivity contribution in [2.75, 3.05) is 6.61 Å². The van der Waals surface area contributed by atoms with Gasteiger partial charge in [-0.15, -0.1) is 0 Å². The van der Waals surface area contributed by atoms with Gasteiger partial charge in [0.1, 0.15) is 12.5 Å². The Morgan fingerprint density at radius 2 is 1.77 bits per heavy atom. The number of carbonyl (C=O) groups excluding carboxylic acids is 1. The largest absolute Gasteiger partial charge is 0.481 e. The minimum absolute atomic E-state index is 0.139. The third-order valence-corrected chi connectivity index (χ3v) is 2.79. The molecule has 1 rings (SSSR count). The van der Waals surface area contributed by atoms with Gasteiger partial charge in [-0.3, -0.25) is 9.59 Å². The average Bonchev–Trinajstić information content (AvgIpc) is 2.43. The van der Waals surface area contributed by atoms with Crippen molar-refractivity contribution in [3.05, 3.63) is 35.4 Å². The molecular formula is C14H16F3NO4. The van der Waals surface area contributed by atoms with E-state index in [4.69, 9.17) is 5.11 Å². The van der Waals surface area contributed by atoms with E-state index in [0.29, 0.717) is 11.1 Å². The van der Waals surface area contributed by atoms with Gasteiger partial charge in [-0.2, -0.15) is 13.2 Å². The first-order chi connectivity index (χ1) is 10.2. The average molecular weight is 319 g/mol. The Morgan fingerprint density at radius 1 is 1.23 bits per heavy atom. The molecular weight excluding hydrogens is 303 g/mol. The van der Waals surface area contributed by atoms with Crippen molar-refractivity contribution in [1.29, 1.82) is 0 Å². The SMILES string of the molecule is CC(C(=O)O)C(=O)NCc1ccc(COCC(F)(F)F)cc1. The first-order valence-electron chi connectivity index (χ1n) is 6.42. The summed E-state index contributed by atoms with van der Waals surface area (Å²) >= 11 is 0. The van der Waals surface area contributed by atoms with E-state index < -0.39 is 30.6 Å². The molecule has 1 atom stereocenters. The number of aliphatic carboxylic acids is 1. The van der Waals surface area contributed by atoms with Gasteiger partial charge in [0.05, 0.1) is 6.61 Å². The van der Waals surface area contributed by atoms with E-state index in [-0.39, 0.29) is 13.2 Å². The van der Waals surface area contributed by atoms with Gasteiger partial charge >= 0.3 is 12.1 Å². The molecule has 0 spiro atoms. The van der Waals surface area contributed by atoms with Crippen LogP contribution in [0, 0.1) is 5.92 Å². The number of alkyl halides is 3. The van der Waals surface area contributed by atoms with Crippen LogP contribution in [0.15, 0.2) is 24.3 Å². The molecule has 2 N–H and O–H groups in total. The fraction of sp³-hybridized carbons (Fsp3) is 0.429. The second kappa shape index (κ2) is 7.79. The van der Waals surface area contributed by atoms with E-state index in [1.54, 1.807) is 24.3 Å². The molecule has 0 saturated carbocycles. The van der Waals surface area contributed by atoms with E-state index in [9.17, 15) is 22.8 Å². The third-order valence-electron chi connectivity index (χ3n) is 2.79. The second-order valence-corrected chi connectivity index (χ2v) is 4.70. The Bertz CT molecular complexity index is 514. The number of nitrogens with one attached hydrogen (secondary N) is 1. The molecule has 0 fully saturated rings. The number of carboxylic acid groups (broad SMARTS) is 1. The Morgan fingerprint density at radius 3 is 2.27 bits per heavy atom. The van der Waals surface area contributed by atoms with Gasteiger partial charge < -0.3 is 15.2 Å². The molecule has 0 radical (unpaired) electrons. The molecule has 1 aromatic rings. The van der Waals surface area contributed by atoms with Gasteiger partial charge in [0, 0.05) is 6.54 Å². The molecule has 5 nitrogen and oxygen atoms in total. The van der Waals surface area contributed by atoms with Crippen LogP contribution in [0.5, 0.6) is 0 Å². The van der Waals surface area contributed by atoms with E-state index >= 15 is 0 Å². The van der Waals surface area contributed by atoms with Crippen LogP contribution in [0.1, 0.15) is 18.1 Å². The van der Waals surface area contributed by atoms with E-state index in [1.807, 2.05) is 0 Å². The lowest BCUT2D eigenvalue weighted by Crippen LogP contribution is -2.33. The summed E-state index contributed by atoms with van der Waals surface area (Å²) < 4.78 is 40.3. The molecule has 0 aliphatic carbocycles. The fourth-order valence-electron chi connectivity index (χ4n) is 1.49. The molecule has 8 heteroatoms. The first kappa shape index (κ1) is 18.0. The van der Waals surface area contributed by atoms with Crippen molar-refractivity contribution in [3.63, 3.8) is 0 Å². The zero-order valence-corrected chi connectivity index (χ0v) is 11.8. The van der Waals surface area contributed by atoms with Gasteiger partial charge in [-0.1, -0.05) is 24.3 Å². The highest BCUT2D eigenvalue weighted by atomic mass is 19.4. The molecule has 122 valence electrons. The minimum atomic E-state index is -4.36. The van der Waals surface area contributed by atoms with E-state index in [0.717, 1.165) is 0 Å². The third kappa shape index (κ3) is 6.57. The van der Waals surface area contributed by atoms with Gasteiger partial charge in [0.2, 0.25) is 5.91 Å². The highest BCUT2D eigenvalue weighted by Gasteiger charge is 2.27. The number of benzene rings is 1. The molecule has 0 bridgehead atoms. The maximum Gasteiger partial charge on any atom is 0.411 e. The van der Waals surface area contributed by atoms with Crippen LogP contribution >= 0.6 is 0 Å². The summed E-state index contributed by atoms with van der Waals surface area (Å²) in [4.78, 5) is 22.1. The predicted molar refractivity (Wildman–Crippen MR) is 70.8 cm³/mol. The Balaban J connectivity index is 2.42. The maximum absolute atomic E-state index is 11.9. The van der Waals surface area contributed by atoms with Crippen molar-refractivity contribution in [1.82, 2.24) is 5.32 Å². The van der Waals surface area contributed by atoms with Gasteiger partial charge in [0.25, 0.3) is 0 Å². The van der Waals surface area contributed by atoms with Crippen molar-refractivity contribution in [2.24, 2.45) is 5.92 Å². The van der Waals surface area contributed by atoms with Gasteiger partial charge in [-0.25, -0.2) is 0 Å². The monoisotopic (exact) mass is 319 g/mol. The summed E-state index contributed by atoms with van der Waals surface area (Å²) in [5.41, 5.74) is 1.27. The topological polar surface area (TPSA) is 75.6 Å². The summed E-state index contributed by atoms with van der Waals surface area (Å²) in [5.74, 6) is -2.96. The fourth-order valence-corrected chi connectivity index (χ4v) is 1.49. The summed E-state index contributed by atoms with van der Waals surface area (Å²) in [6.45, 7) is -0.0566. The number of hydrogen-bond donors (Lipinski definition) is 2. The summed E-state index contributed by atoms with van der Waals surface area (Å²) in [5, 5.41) is 11.1. The zero-order valence-electron chi connectivity index (χ0n) is 11.8. The number of amides is 1. The zero-order chi connectivity index (χ0) is 16.8. The smallest absolute Gasteiger partial charge is 0.411 e. The molecule has 1 unspecified atom stereocenters. The molecule has 0 saturated heterocycles. The normalized spacial score (nSPS) is 12.7. The van der Waals surface area contributed by atoms with Crippen LogP contribution in [-0.2, 0) is 27.5 Å². The molecule has 0 aliphatic rings. The summed E-state index contributed by atoms with van der Waals surface area (Å²) in [6, 6.07) is 6.41. The van der Waals surface area contributed by atoms with Crippen molar-refractivity contribution >= 4 is 11.9 Å². The Labute approximate surface area is 125 Å². The highest BCUT2D eigenvalue weighted by molar-refractivity contribution is 5.96. The molecule has 0 aliphatic heterocycles. The van der Waals surface area contributed by atoms with E-state index in [2.05, 4.69) is 10.1 Å². The lowest BCUT2D eigenvalue weighted by Gasteiger charge is -2.10. The molecule has 0 heterocycles. The van der Waals surface area contributed by atoms with Gasteiger partial charge in [-0.05, 0) is 18.1 Å². The molecule has 0 aromatic heterocycles. The lowest BCUT2D eigenvalue weighted by molar-refractivity contribution is -0.176. The Kier molecular flexibility index (Phi) is 6.36. The van der Waals surface area contributed by atoms with Crippen LogP contribution in [0.2, 0.25) is 0 Å². The standard InChI is InChI=1S/C14H16F3NO4/c1-9(13(20)21)12(19)18-6-10-2-4-11(5-3-10)7-22-8-14(15,16)17/h2-5,9H,6-8H2,1H3,(H,18,19)(H,20,21). The number of hydrogen-bond acceptors (Lipinski definition) is 3. The second-order valence-electron chi connectivity index (χ2n) is 4.70. The highest BCUT2D eigenvalue weighted by Crippen LogP contribution is 2.15. The minimum Gasteiger partial charge on any atom is -0.481 e. The van der Waals surface area contributed by atoms with E-state index in [1.165, 1.54) is 6.92 Å². The number of carboxylic acids is 1. The molecule has 1 aromatic carbocycles. The molecule has 1 amide bonds. The van der Waals surface area contributed by atoms with Crippen molar-refractivity contribution in [2.45, 2.75) is 26.3 Å². The van der Waals surface area contributed by atoms with Crippen LogP contribution < -0.4 is 5.32 Å². The first-order valence-corrected chi connectivity index (χ1v) is 6.42. The van der Waals surface area contributed by atoms with Crippen molar-refractivity contribution in [3.8, 4) is 0 Å². The van der Waals surface area contributed by atoms with Crippen molar-refractivity contribution < 1.29 is 32.6 Å². The summed E-state index contributed by atoms with van der Waals surface area (Å²) in [7, 11) is 0. The van der Waals surface area contributed by atoms with Crippen LogP contribution in [-0.4, -0.2) is 29.8 Å². The number of ether oxygens (including phenoxy) is 1. The lowest BCUT2D eigenvalue weighted by atomic mass is 10.1.